The zero-order valence-corrected chi connectivity index (χ0v) is 47.5. The Labute approximate surface area is 457 Å². The quantitative estimate of drug-likeness (QED) is 0.137. The van der Waals surface area contributed by atoms with Gasteiger partial charge in [0.15, 0.2) is 0 Å². The fraction of sp³-hybridized carbons (Fsp3) is 0.264. The van der Waals surface area contributed by atoms with E-state index in [1.165, 1.54) is 61.3 Å². The standard InChI is InChI=1S/C72H74N4O/c1-68(2,3)52-35-36-73-67(44-52)76-63-33-29-49(48-23-17-14-18-24-48)37-62(63)61-32-31-59(46-65(61)76)77-60-42-56(72(12,13)51-27-21-16-22-28-51)41-58(45-60)74-47-75(57-39-54(69(4,5)6)38-55(40-57)70(7,8)9)66-43-53(30-34-64(66)74)71(10,11)50-25-19-15-20-26-50/h14-46H,47H2,1-13H3. The highest BCUT2D eigenvalue weighted by atomic mass is 16.5. The van der Waals surface area contributed by atoms with Crippen LogP contribution in [0.25, 0.3) is 38.8 Å². The summed E-state index contributed by atoms with van der Waals surface area (Å²) in [5.74, 6) is 2.41. The molecule has 388 valence electrons. The smallest absolute Gasteiger partial charge is 0.137 e. The van der Waals surface area contributed by atoms with Crippen LogP contribution in [-0.2, 0) is 27.1 Å². The number of ether oxygens (including phenoxy) is 1. The summed E-state index contributed by atoms with van der Waals surface area (Å²) in [6.45, 7) is 30.7. The first-order valence-corrected chi connectivity index (χ1v) is 27.4. The van der Waals surface area contributed by atoms with E-state index in [4.69, 9.17) is 9.72 Å². The zero-order chi connectivity index (χ0) is 54.2. The van der Waals surface area contributed by atoms with Crippen molar-refractivity contribution in [2.75, 3.05) is 16.5 Å². The Morgan fingerprint density at radius 1 is 0.364 bits per heavy atom. The van der Waals surface area contributed by atoms with Crippen LogP contribution in [0.3, 0.4) is 0 Å². The summed E-state index contributed by atoms with van der Waals surface area (Å²) in [6.07, 6.45) is 1.95. The maximum Gasteiger partial charge on any atom is 0.137 e. The van der Waals surface area contributed by atoms with E-state index < -0.39 is 0 Å². The van der Waals surface area contributed by atoms with Gasteiger partial charge in [0.05, 0.1) is 22.4 Å². The van der Waals surface area contributed by atoms with E-state index in [2.05, 4.69) is 298 Å². The molecular formula is C72H74N4O. The molecule has 0 fully saturated rings. The molecule has 1 aliphatic rings. The maximum atomic E-state index is 7.26. The van der Waals surface area contributed by atoms with Gasteiger partial charge in [-0.2, -0.15) is 0 Å². The molecule has 10 aromatic rings. The Bertz CT molecular complexity index is 3780. The number of benzene rings is 8. The molecular weight excluding hydrogens is 937 g/mol. The normalized spacial score (nSPS) is 13.4. The Hall–Kier alpha value is -7.89. The van der Waals surface area contributed by atoms with Gasteiger partial charge >= 0.3 is 0 Å². The van der Waals surface area contributed by atoms with Crippen LogP contribution in [0.1, 0.15) is 129 Å². The molecule has 0 radical (unpaired) electrons. The van der Waals surface area contributed by atoms with E-state index in [9.17, 15) is 0 Å². The fourth-order valence-electron chi connectivity index (χ4n) is 11.2. The van der Waals surface area contributed by atoms with Crippen LogP contribution in [-0.4, -0.2) is 16.2 Å². The minimum absolute atomic E-state index is 0.0472. The predicted molar refractivity (Wildman–Crippen MR) is 326 cm³/mol. The van der Waals surface area contributed by atoms with Gasteiger partial charge in [-0.05, 0) is 139 Å². The molecule has 0 amide bonds. The molecule has 0 aliphatic carbocycles. The van der Waals surface area contributed by atoms with Crippen molar-refractivity contribution in [3.8, 4) is 28.4 Å². The second-order valence-electron chi connectivity index (χ2n) is 25.5. The summed E-state index contributed by atoms with van der Waals surface area (Å²) in [5.41, 5.74) is 17.2. The maximum absolute atomic E-state index is 7.26. The van der Waals surface area contributed by atoms with Gasteiger partial charge in [-0.15, -0.1) is 0 Å². The Morgan fingerprint density at radius 3 is 1.56 bits per heavy atom. The van der Waals surface area contributed by atoms with E-state index in [1.807, 2.05) is 6.20 Å². The monoisotopic (exact) mass is 1010 g/mol. The summed E-state index contributed by atoms with van der Waals surface area (Å²) in [7, 11) is 0. The van der Waals surface area contributed by atoms with Gasteiger partial charge in [0.25, 0.3) is 0 Å². The molecule has 5 nitrogen and oxygen atoms in total. The van der Waals surface area contributed by atoms with Gasteiger partial charge < -0.3 is 14.5 Å². The number of hydrogen-bond donors (Lipinski definition) is 0. The summed E-state index contributed by atoms with van der Waals surface area (Å²) in [6, 6.07) is 71.4. The van der Waals surface area contributed by atoms with Crippen molar-refractivity contribution in [1.82, 2.24) is 9.55 Å². The number of rotatable bonds is 10. The summed E-state index contributed by atoms with van der Waals surface area (Å²) in [4.78, 5) is 10.1. The van der Waals surface area contributed by atoms with E-state index in [0.29, 0.717) is 6.67 Å². The number of aromatic nitrogens is 2. The van der Waals surface area contributed by atoms with Crippen molar-refractivity contribution in [2.45, 2.75) is 117 Å². The van der Waals surface area contributed by atoms with Crippen LogP contribution < -0.4 is 14.5 Å². The van der Waals surface area contributed by atoms with Crippen molar-refractivity contribution in [3.05, 3.63) is 239 Å². The Kier molecular flexibility index (Phi) is 12.6. The molecule has 0 unspecified atom stereocenters. The first kappa shape index (κ1) is 51.2. The number of fused-ring (bicyclic) bond motifs is 4. The molecule has 77 heavy (non-hydrogen) atoms. The molecule has 0 atom stereocenters. The highest BCUT2D eigenvalue weighted by Crippen LogP contribution is 2.50. The molecule has 0 spiro atoms. The average Bonchev–Trinajstić information content (AvgIpc) is 4.16. The van der Waals surface area contributed by atoms with Gasteiger partial charge in [-0.25, -0.2) is 4.98 Å². The molecule has 8 aromatic carbocycles. The lowest BCUT2D eigenvalue weighted by Crippen LogP contribution is -2.26. The number of anilines is 4. The topological polar surface area (TPSA) is 33.5 Å². The Morgan fingerprint density at radius 2 is 0.935 bits per heavy atom. The van der Waals surface area contributed by atoms with Gasteiger partial charge in [-0.1, -0.05) is 199 Å². The lowest BCUT2D eigenvalue weighted by Gasteiger charge is -2.30. The summed E-state index contributed by atoms with van der Waals surface area (Å²) >= 11 is 0. The highest BCUT2D eigenvalue weighted by Gasteiger charge is 2.35. The van der Waals surface area contributed by atoms with Crippen LogP contribution in [0.5, 0.6) is 11.5 Å². The van der Waals surface area contributed by atoms with E-state index >= 15 is 0 Å². The van der Waals surface area contributed by atoms with Crippen molar-refractivity contribution >= 4 is 44.6 Å². The SMILES string of the molecule is CC(C)(C)c1cc(N2CN(c3cc(Oc4ccc5c6cc(-c7ccccc7)ccc6n(-c6cc(C(C)(C)C)ccn6)c5c4)cc(C(C)(C)c4ccccc4)c3)c3ccc(C(C)(C)c4ccccc4)cc32)cc(C(C)(C)C)c1. The third kappa shape index (κ3) is 9.71. The lowest BCUT2D eigenvalue weighted by molar-refractivity contribution is 0.480. The minimum Gasteiger partial charge on any atom is -0.457 e. The van der Waals surface area contributed by atoms with Gasteiger partial charge in [0.2, 0.25) is 0 Å². The molecule has 11 rings (SSSR count). The Balaban J connectivity index is 1.08. The lowest BCUT2D eigenvalue weighted by atomic mass is 9.77. The van der Waals surface area contributed by atoms with Gasteiger partial charge in [0.1, 0.15) is 24.0 Å². The van der Waals surface area contributed by atoms with Crippen molar-refractivity contribution in [3.63, 3.8) is 0 Å². The molecule has 3 heterocycles. The third-order valence-electron chi connectivity index (χ3n) is 16.4. The van der Waals surface area contributed by atoms with Crippen molar-refractivity contribution in [1.29, 1.82) is 0 Å². The third-order valence-corrected chi connectivity index (χ3v) is 16.4. The molecule has 5 heteroatoms. The van der Waals surface area contributed by atoms with Crippen molar-refractivity contribution < 1.29 is 4.74 Å². The van der Waals surface area contributed by atoms with Crippen LogP contribution in [0.2, 0.25) is 0 Å². The molecule has 0 saturated heterocycles. The largest absolute Gasteiger partial charge is 0.457 e. The van der Waals surface area contributed by atoms with Crippen molar-refractivity contribution in [2.24, 2.45) is 0 Å². The number of pyridine rings is 1. The van der Waals surface area contributed by atoms with E-state index in [-0.39, 0.29) is 27.1 Å². The van der Waals surface area contributed by atoms with Gasteiger partial charge in [-0.3, -0.25) is 4.57 Å². The second-order valence-corrected chi connectivity index (χ2v) is 25.5. The second kappa shape index (κ2) is 19.0. The summed E-state index contributed by atoms with van der Waals surface area (Å²) < 4.78 is 9.57. The van der Waals surface area contributed by atoms with E-state index in [1.54, 1.807) is 0 Å². The fourth-order valence-corrected chi connectivity index (χ4v) is 11.2. The van der Waals surface area contributed by atoms with Crippen LogP contribution in [0.4, 0.5) is 22.7 Å². The predicted octanol–water partition coefficient (Wildman–Crippen LogP) is 19.4. The molecule has 0 bridgehead atoms. The van der Waals surface area contributed by atoms with Crippen LogP contribution in [0, 0.1) is 0 Å². The molecule has 1 aliphatic heterocycles. The molecule has 2 aromatic heterocycles. The van der Waals surface area contributed by atoms with E-state index in [0.717, 1.165) is 50.7 Å². The number of nitrogens with zero attached hydrogens (tertiary/aromatic N) is 4. The first-order valence-electron chi connectivity index (χ1n) is 27.4. The molecule has 0 N–H and O–H groups in total. The highest BCUT2D eigenvalue weighted by molar-refractivity contribution is 6.10. The minimum atomic E-state index is -0.361. The first-order chi connectivity index (χ1) is 36.5. The van der Waals surface area contributed by atoms with Crippen LogP contribution in [0.15, 0.2) is 200 Å². The summed E-state index contributed by atoms with van der Waals surface area (Å²) in [5, 5.41) is 2.31. The number of hydrogen-bond acceptors (Lipinski definition) is 4. The zero-order valence-electron chi connectivity index (χ0n) is 47.5. The van der Waals surface area contributed by atoms with Gasteiger partial charge in [0, 0.05) is 51.3 Å². The average molecular weight is 1010 g/mol. The van der Waals surface area contributed by atoms with Crippen LogP contribution >= 0.6 is 0 Å². The molecule has 0 saturated carbocycles.